The third kappa shape index (κ3) is 7.23. The van der Waals surface area contributed by atoms with Crippen LogP contribution in [0.25, 0.3) is 0 Å². The van der Waals surface area contributed by atoms with Crippen LogP contribution in [0.15, 0.2) is 88.3 Å². The lowest BCUT2D eigenvalue weighted by atomic mass is 10.2. The van der Waals surface area contributed by atoms with E-state index in [0.29, 0.717) is 12.2 Å². The second kappa shape index (κ2) is 12.6. The number of carbonyl (C=O) groups is 1. The van der Waals surface area contributed by atoms with Crippen LogP contribution in [0.5, 0.6) is 5.75 Å². The molecule has 0 aliphatic heterocycles. The Labute approximate surface area is 180 Å². The SMILES string of the molecule is C=C(/C=C\C=C/C)Cn1ccc(OC(=O)N(C)c2ccccc2)c(Br)c1=O.CC. The first-order valence-electron chi connectivity index (χ1n) is 9.30. The highest BCUT2D eigenvalue weighted by molar-refractivity contribution is 9.10. The largest absolute Gasteiger partial charge is 0.419 e. The Morgan fingerprint density at radius 3 is 2.48 bits per heavy atom. The molecule has 6 heteroatoms. The highest BCUT2D eigenvalue weighted by Crippen LogP contribution is 2.22. The number of nitrogens with zero attached hydrogens (tertiary/aromatic N) is 2. The van der Waals surface area contributed by atoms with E-state index in [0.717, 1.165) is 5.57 Å². The molecule has 0 radical (unpaired) electrons. The summed E-state index contributed by atoms with van der Waals surface area (Å²) in [5, 5.41) is 0. The lowest BCUT2D eigenvalue weighted by Crippen LogP contribution is -2.30. The molecule has 2 aromatic rings. The molecule has 1 aromatic carbocycles. The number of carbonyl (C=O) groups excluding carboxylic acids is 1. The molecule has 0 aliphatic carbocycles. The topological polar surface area (TPSA) is 51.5 Å². The number of pyridine rings is 1. The van der Waals surface area contributed by atoms with Gasteiger partial charge in [-0.1, -0.05) is 62.9 Å². The van der Waals surface area contributed by atoms with Crippen LogP contribution in [-0.4, -0.2) is 17.7 Å². The molecule has 0 saturated carbocycles. The molecular formula is C23H27BrN2O3. The molecule has 0 aliphatic rings. The number of aromatic nitrogens is 1. The van der Waals surface area contributed by atoms with Crippen molar-refractivity contribution in [2.45, 2.75) is 27.3 Å². The number of hydrogen-bond donors (Lipinski definition) is 0. The van der Waals surface area contributed by atoms with Crippen LogP contribution in [0.1, 0.15) is 20.8 Å². The van der Waals surface area contributed by atoms with E-state index in [-0.39, 0.29) is 15.8 Å². The van der Waals surface area contributed by atoms with E-state index in [2.05, 4.69) is 22.5 Å². The number of benzene rings is 1. The molecule has 0 N–H and O–H groups in total. The Hall–Kier alpha value is -2.86. The molecule has 29 heavy (non-hydrogen) atoms. The summed E-state index contributed by atoms with van der Waals surface area (Å²) in [4.78, 5) is 26.2. The summed E-state index contributed by atoms with van der Waals surface area (Å²) in [5.74, 6) is 0.166. The zero-order valence-electron chi connectivity index (χ0n) is 17.3. The number of ether oxygens (including phenoxy) is 1. The maximum Gasteiger partial charge on any atom is 0.419 e. The fraction of sp³-hybridized carbons (Fsp3) is 0.217. The summed E-state index contributed by atoms with van der Waals surface area (Å²) in [7, 11) is 1.61. The van der Waals surface area contributed by atoms with Gasteiger partial charge in [0, 0.05) is 18.9 Å². The second-order valence-corrected chi connectivity index (χ2v) is 6.53. The van der Waals surface area contributed by atoms with E-state index in [1.807, 2.05) is 63.3 Å². The van der Waals surface area contributed by atoms with Crippen LogP contribution in [0.2, 0.25) is 0 Å². The fourth-order valence-electron chi connectivity index (χ4n) is 2.23. The van der Waals surface area contributed by atoms with Crippen LogP contribution >= 0.6 is 15.9 Å². The van der Waals surface area contributed by atoms with Crippen LogP contribution in [0.4, 0.5) is 10.5 Å². The van der Waals surface area contributed by atoms with Gasteiger partial charge < -0.3 is 9.30 Å². The lowest BCUT2D eigenvalue weighted by molar-refractivity contribution is 0.208. The maximum absolute atomic E-state index is 12.5. The number of rotatable bonds is 6. The van der Waals surface area contributed by atoms with E-state index in [1.165, 1.54) is 9.47 Å². The van der Waals surface area contributed by atoms with E-state index < -0.39 is 6.09 Å². The first kappa shape index (κ1) is 24.2. The van der Waals surface area contributed by atoms with Crippen molar-refractivity contribution in [3.63, 3.8) is 0 Å². The summed E-state index contributed by atoms with van der Waals surface area (Å²) in [5.41, 5.74) is 1.16. The van der Waals surface area contributed by atoms with Crippen molar-refractivity contribution in [2.75, 3.05) is 11.9 Å². The Morgan fingerprint density at radius 2 is 1.86 bits per heavy atom. The molecule has 0 unspecified atom stereocenters. The van der Waals surface area contributed by atoms with Crippen LogP contribution in [0, 0.1) is 0 Å². The van der Waals surface area contributed by atoms with E-state index in [9.17, 15) is 9.59 Å². The molecule has 154 valence electrons. The van der Waals surface area contributed by atoms with Gasteiger partial charge in [0.25, 0.3) is 5.56 Å². The van der Waals surface area contributed by atoms with Crippen molar-refractivity contribution in [3.05, 3.63) is 93.9 Å². The number of para-hydroxylation sites is 1. The zero-order valence-corrected chi connectivity index (χ0v) is 18.8. The molecule has 0 saturated heterocycles. The maximum atomic E-state index is 12.5. The zero-order chi connectivity index (χ0) is 21.8. The number of halogens is 1. The number of anilines is 1. The van der Waals surface area contributed by atoms with Gasteiger partial charge in [0.05, 0.1) is 6.54 Å². The van der Waals surface area contributed by atoms with E-state index in [1.54, 1.807) is 31.4 Å². The van der Waals surface area contributed by atoms with Crippen molar-refractivity contribution >= 4 is 27.7 Å². The first-order valence-corrected chi connectivity index (χ1v) is 10.1. The predicted octanol–water partition coefficient (Wildman–Crippen LogP) is 5.96. The van der Waals surface area contributed by atoms with E-state index >= 15 is 0 Å². The minimum Gasteiger partial charge on any atom is -0.408 e. The lowest BCUT2D eigenvalue weighted by Gasteiger charge is -2.17. The molecule has 1 aromatic heterocycles. The summed E-state index contributed by atoms with van der Waals surface area (Å²) < 4.78 is 7.04. The van der Waals surface area contributed by atoms with Crippen molar-refractivity contribution < 1.29 is 9.53 Å². The predicted molar refractivity (Wildman–Crippen MR) is 124 cm³/mol. The van der Waals surface area contributed by atoms with Gasteiger partial charge in [0.15, 0.2) is 5.75 Å². The third-order valence-electron chi connectivity index (χ3n) is 3.69. The van der Waals surface area contributed by atoms with E-state index in [4.69, 9.17) is 4.74 Å². The number of allylic oxidation sites excluding steroid dienone is 5. The quantitative estimate of drug-likeness (QED) is 0.501. The molecule has 0 fully saturated rings. The number of hydrogen-bond acceptors (Lipinski definition) is 3. The van der Waals surface area contributed by atoms with Crippen molar-refractivity contribution in [2.24, 2.45) is 0 Å². The van der Waals surface area contributed by atoms with Gasteiger partial charge >= 0.3 is 6.09 Å². The Balaban J connectivity index is 0.00000204. The average Bonchev–Trinajstić information content (AvgIpc) is 2.75. The first-order chi connectivity index (χ1) is 13.9. The summed E-state index contributed by atoms with van der Waals surface area (Å²) in [6.45, 7) is 10.2. The van der Waals surface area contributed by atoms with Crippen LogP contribution in [-0.2, 0) is 6.54 Å². The number of amides is 1. The molecule has 0 bridgehead atoms. The van der Waals surface area contributed by atoms with Gasteiger partial charge in [-0.15, -0.1) is 0 Å². The summed E-state index contributed by atoms with van der Waals surface area (Å²) in [6, 6.07) is 10.7. The Morgan fingerprint density at radius 1 is 1.21 bits per heavy atom. The Kier molecular flexibility index (Phi) is 10.5. The van der Waals surface area contributed by atoms with Crippen LogP contribution < -0.4 is 15.2 Å². The van der Waals surface area contributed by atoms with Crippen LogP contribution in [0.3, 0.4) is 0 Å². The minimum absolute atomic E-state index is 0.166. The minimum atomic E-state index is -0.585. The van der Waals surface area contributed by atoms with Gasteiger partial charge in [-0.2, -0.15) is 0 Å². The monoisotopic (exact) mass is 458 g/mol. The summed E-state index contributed by atoms with van der Waals surface area (Å²) in [6.07, 6.45) is 8.48. The smallest absolute Gasteiger partial charge is 0.408 e. The van der Waals surface area contributed by atoms with Crippen molar-refractivity contribution in [1.29, 1.82) is 0 Å². The molecular weight excluding hydrogens is 432 g/mol. The fourth-order valence-corrected chi connectivity index (χ4v) is 2.67. The molecule has 0 spiro atoms. The standard InChI is InChI=1S/C21H21BrN2O3.C2H6/c1-4-5-7-10-16(2)15-24-14-13-18(19(22)20(24)25)27-21(26)23(3)17-11-8-6-9-12-17;1-2/h4-14H,2,15H2,1,3H3;1-2H3/b5-4-,10-7-;. The normalized spacial score (nSPS) is 10.5. The average molecular weight is 459 g/mol. The van der Waals surface area contributed by atoms with Gasteiger partial charge in [0.1, 0.15) is 4.47 Å². The van der Waals surface area contributed by atoms with Crippen molar-refractivity contribution in [1.82, 2.24) is 4.57 Å². The second-order valence-electron chi connectivity index (χ2n) is 5.73. The molecule has 5 nitrogen and oxygen atoms in total. The summed E-state index contributed by atoms with van der Waals surface area (Å²) >= 11 is 3.23. The Bertz CT molecular complexity index is 931. The van der Waals surface area contributed by atoms with Crippen molar-refractivity contribution in [3.8, 4) is 5.75 Å². The molecule has 1 heterocycles. The molecule has 2 rings (SSSR count). The van der Waals surface area contributed by atoms with Gasteiger partial charge in [-0.25, -0.2) is 4.79 Å². The molecule has 0 atom stereocenters. The van der Waals surface area contributed by atoms with Gasteiger partial charge in [-0.05, 0) is 46.6 Å². The third-order valence-corrected chi connectivity index (χ3v) is 4.42. The van der Waals surface area contributed by atoms with Gasteiger partial charge in [-0.3, -0.25) is 9.69 Å². The molecule has 1 amide bonds. The highest BCUT2D eigenvalue weighted by Gasteiger charge is 2.17. The highest BCUT2D eigenvalue weighted by atomic mass is 79.9. The van der Waals surface area contributed by atoms with Gasteiger partial charge in [0.2, 0.25) is 0 Å².